The molecule has 34 heavy (non-hydrogen) atoms. The van der Waals surface area contributed by atoms with Crippen LogP contribution >= 0.6 is 0 Å². The molecule has 0 radical (unpaired) electrons. The number of ether oxygens (including phenoxy) is 3. The predicted molar refractivity (Wildman–Crippen MR) is 122 cm³/mol. The van der Waals surface area contributed by atoms with Gasteiger partial charge in [-0.3, -0.25) is 9.59 Å². The molecule has 0 aromatic heterocycles. The largest absolute Gasteiger partial charge is 0.390 e. The van der Waals surface area contributed by atoms with Crippen LogP contribution in [0.15, 0.2) is 23.8 Å². The molecule has 5 rings (SSSR count). The minimum atomic E-state index is -1.94. The Bertz CT molecular complexity index is 990. The summed E-state index contributed by atoms with van der Waals surface area (Å²) >= 11 is 0. The first-order valence-electron chi connectivity index (χ1n) is 12.6. The number of carbonyl (C=O) groups is 2. The van der Waals surface area contributed by atoms with Crippen LogP contribution in [0, 0.1) is 34.5 Å². The SMILES string of the molecule is COC1(C(C)C)OCC(=O)[C@@]2(O1)[C@@H](C)C[C@H]1[C@@H]3CCC4=CC(=O)C=C[C@]4(C)[C@@]3(F)[C@@H](O)C[C@@]12C. The zero-order valence-electron chi connectivity index (χ0n) is 21.0. The number of allylic oxidation sites excluding steroid dienone is 4. The highest BCUT2D eigenvalue weighted by Gasteiger charge is 2.78. The Morgan fingerprint density at radius 2 is 1.94 bits per heavy atom. The fourth-order valence-electron chi connectivity index (χ4n) is 8.55. The predicted octanol–water partition coefficient (Wildman–Crippen LogP) is 3.91. The minimum Gasteiger partial charge on any atom is -0.390 e. The van der Waals surface area contributed by atoms with Gasteiger partial charge in [-0.1, -0.05) is 39.3 Å². The number of aliphatic hydroxyl groups is 1. The fraction of sp³-hybridized carbons (Fsp3) is 0.778. The van der Waals surface area contributed by atoms with Crippen LogP contribution in [-0.4, -0.2) is 53.7 Å². The lowest BCUT2D eigenvalue weighted by Crippen LogP contribution is -2.72. The number of alkyl halides is 1. The molecule has 4 aliphatic carbocycles. The molecule has 0 amide bonds. The molecule has 3 saturated carbocycles. The molecular formula is C27H37FO6. The van der Waals surface area contributed by atoms with Crippen molar-refractivity contribution in [1.82, 2.24) is 0 Å². The Kier molecular flexibility index (Phi) is 5.22. The third-order valence-corrected chi connectivity index (χ3v) is 10.3. The maximum atomic E-state index is 17.4. The maximum absolute atomic E-state index is 17.4. The number of ketones is 2. The van der Waals surface area contributed by atoms with E-state index in [0.717, 1.165) is 5.57 Å². The molecule has 5 aliphatic rings. The summed E-state index contributed by atoms with van der Waals surface area (Å²) in [6.45, 7) is 9.48. The summed E-state index contributed by atoms with van der Waals surface area (Å²) in [6, 6.07) is 0. The van der Waals surface area contributed by atoms with Gasteiger partial charge in [-0.25, -0.2) is 4.39 Å². The van der Waals surface area contributed by atoms with E-state index in [4.69, 9.17) is 14.2 Å². The van der Waals surface area contributed by atoms with E-state index in [9.17, 15) is 14.7 Å². The van der Waals surface area contributed by atoms with Crippen LogP contribution in [0.4, 0.5) is 4.39 Å². The quantitative estimate of drug-likeness (QED) is 0.651. The van der Waals surface area contributed by atoms with Gasteiger partial charge in [0.05, 0.1) is 6.10 Å². The van der Waals surface area contributed by atoms with Gasteiger partial charge < -0.3 is 19.3 Å². The number of aliphatic hydroxyl groups excluding tert-OH is 1. The van der Waals surface area contributed by atoms with Gasteiger partial charge >= 0.3 is 0 Å². The van der Waals surface area contributed by atoms with E-state index in [1.165, 1.54) is 19.3 Å². The molecule has 4 fully saturated rings. The van der Waals surface area contributed by atoms with E-state index >= 15 is 4.39 Å². The first-order valence-corrected chi connectivity index (χ1v) is 12.6. The zero-order valence-corrected chi connectivity index (χ0v) is 21.0. The van der Waals surface area contributed by atoms with Crippen LogP contribution in [0.3, 0.4) is 0 Å². The molecule has 1 saturated heterocycles. The number of hydrogen-bond donors (Lipinski definition) is 1. The maximum Gasteiger partial charge on any atom is 0.286 e. The summed E-state index contributed by atoms with van der Waals surface area (Å²) in [6.07, 6.45) is 5.11. The van der Waals surface area contributed by atoms with Crippen LogP contribution in [-0.2, 0) is 23.8 Å². The van der Waals surface area contributed by atoms with Gasteiger partial charge in [0, 0.05) is 29.8 Å². The van der Waals surface area contributed by atoms with E-state index < -0.39 is 40.1 Å². The van der Waals surface area contributed by atoms with Crippen LogP contribution in [0.5, 0.6) is 0 Å². The van der Waals surface area contributed by atoms with Crippen molar-refractivity contribution < 1.29 is 33.3 Å². The standard InChI is InChI=1S/C27H37FO6/c1-15(2)27(32-6)33-14-22(31)26(34-27)16(3)11-20-19-8-7-17-12-18(29)9-10-23(17,4)25(19,28)21(30)13-24(20,26)5/h9-10,12,15-16,19-21,30H,7-8,11,13-14H2,1-6H3/t16-,19-,20-,21-,23-,24-,25-,26-,27?/m0/s1. The number of methoxy groups -OCH3 is 1. The molecule has 1 aliphatic heterocycles. The molecule has 6 nitrogen and oxygen atoms in total. The highest BCUT2D eigenvalue weighted by molar-refractivity contribution is 6.01. The fourth-order valence-corrected chi connectivity index (χ4v) is 8.55. The number of Topliss-reactive ketones (excluding diaryl/α,β-unsaturated/α-hetero) is 1. The van der Waals surface area contributed by atoms with E-state index in [-0.39, 0.29) is 42.3 Å². The molecule has 1 spiro atoms. The monoisotopic (exact) mass is 476 g/mol. The summed E-state index contributed by atoms with van der Waals surface area (Å²) in [7, 11) is 1.51. The molecule has 0 aromatic carbocycles. The highest BCUT2D eigenvalue weighted by atomic mass is 19.1. The van der Waals surface area contributed by atoms with E-state index in [2.05, 4.69) is 0 Å². The number of halogens is 1. The van der Waals surface area contributed by atoms with Crippen LogP contribution in [0.2, 0.25) is 0 Å². The van der Waals surface area contributed by atoms with Gasteiger partial charge in [0.1, 0.15) is 12.2 Å². The minimum absolute atomic E-state index is 0.0866. The number of rotatable bonds is 2. The molecule has 1 unspecified atom stereocenters. The molecular weight excluding hydrogens is 439 g/mol. The van der Waals surface area contributed by atoms with Crippen LogP contribution in [0.25, 0.3) is 0 Å². The Morgan fingerprint density at radius 3 is 2.59 bits per heavy atom. The summed E-state index contributed by atoms with van der Waals surface area (Å²) in [4.78, 5) is 25.7. The molecule has 7 heteroatoms. The third-order valence-electron chi connectivity index (χ3n) is 10.3. The van der Waals surface area contributed by atoms with Crippen molar-refractivity contribution in [3.63, 3.8) is 0 Å². The second kappa shape index (κ2) is 7.31. The number of carbonyl (C=O) groups excluding carboxylic acids is 2. The summed E-state index contributed by atoms with van der Waals surface area (Å²) in [5.41, 5.74) is -4.28. The molecule has 0 aromatic rings. The molecule has 9 atom stereocenters. The average molecular weight is 477 g/mol. The third kappa shape index (κ3) is 2.60. The van der Waals surface area contributed by atoms with Crippen LogP contribution in [0.1, 0.15) is 60.3 Å². The molecule has 1 heterocycles. The summed E-state index contributed by atoms with van der Waals surface area (Å²) < 4.78 is 35.5. The second-order valence-corrected chi connectivity index (χ2v) is 11.9. The Balaban J connectivity index is 1.62. The first kappa shape index (κ1) is 24.3. The van der Waals surface area contributed by atoms with E-state index in [1.807, 2.05) is 27.7 Å². The Hall–Kier alpha value is -1.41. The van der Waals surface area contributed by atoms with Crippen molar-refractivity contribution in [2.45, 2.75) is 83.6 Å². The van der Waals surface area contributed by atoms with Crippen molar-refractivity contribution in [3.05, 3.63) is 23.8 Å². The van der Waals surface area contributed by atoms with Gasteiger partial charge in [-0.2, -0.15) is 0 Å². The lowest BCUT2D eigenvalue weighted by molar-refractivity contribution is -0.444. The number of hydrogen-bond acceptors (Lipinski definition) is 6. The highest BCUT2D eigenvalue weighted by Crippen LogP contribution is 2.72. The van der Waals surface area contributed by atoms with Crippen molar-refractivity contribution in [2.24, 2.45) is 34.5 Å². The van der Waals surface area contributed by atoms with E-state index in [0.29, 0.717) is 19.3 Å². The molecule has 0 bridgehead atoms. The second-order valence-electron chi connectivity index (χ2n) is 11.9. The van der Waals surface area contributed by atoms with Gasteiger partial charge in [0.15, 0.2) is 17.2 Å². The zero-order chi connectivity index (χ0) is 24.9. The topological polar surface area (TPSA) is 82.1 Å². The van der Waals surface area contributed by atoms with Gasteiger partial charge in [0.25, 0.3) is 5.97 Å². The van der Waals surface area contributed by atoms with Crippen molar-refractivity contribution in [3.8, 4) is 0 Å². The van der Waals surface area contributed by atoms with E-state index in [1.54, 1.807) is 13.0 Å². The smallest absolute Gasteiger partial charge is 0.286 e. The normalized spacial score (nSPS) is 52.4. The molecule has 1 N–H and O–H groups in total. The van der Waals surface area contributed by atoms with Crippen molar-refractivity contribution in [2.75, 3.05) is 13.7 Å². The Labute approximate surface area is 200 Å². The van der Waals surface area contributed by atoms with Crippen molar-refractivity contribution >= 4 is 11.6 Å². The summed E-state index contributed by atoms with van der Waals surface area (Å²) in [5, 5.41) is 11.6. The lowest BCUT2D eigenvalue weighted by atomic mass is 9.44. The van der Waals surface area contributed by atoms with Crippen molar-refractivity contribution in [1.29, 1.82) is 0 Å². The van der Waals surface area contributed by atoms with Gasteiger partial charge in [0.2, 0.25) is 0 Å². The number of fused-ring (bicyclic) bond motifs is 6. The summed E-state index contributed by atoms with van der Waals surface area (Å²) in [5.74, 6) is -2.71. The average Bonchev–Trinajstić information content (AvgIpc) is 2.99. The molecule has 188 valence electrons. The lowest BCUT2D eigenvalue weighted by Gasteiger charge is -2.64. The van der Waals surface area contributed by atoms with Gasteiger partial charge in [-0.15, -0.1) is 0 Å². The Morgan fingerprint density at radius 1 is 1.24 bits per heavy atom. The van der Waals surface area contributed by atoms with Gasteiger partial charge in [-0.05, 0) is 56.6 Å². The van der Waals surface area contributed by atoms with Crippen LogP contribution < -0.4 is 0 Å². The first-order chi connectivity index (χ1) is 15.8.